The SMILES string of the molecule is COC[C@@](C)(CCO)NC[C@H]1CCOC1. The van der Waals surface area contributed by atoms with E-state index in [-0.39, 0.29) is 12.1 Å². The van der Waals surface area contributed by atoms with Crippen LogP contribution in [0.2, 0.25) is 0 Å². The molecule has 1 rings (SSSR count). The van der Waals surface area contributed by atoms with Crippen molar-refractivity contribution in [3.05, 3.63) is 0 Å². The average Bonchev–Trinajstić information content (AvgIpc) is 2.68. The molecule has 0 unspecified atom stereocenters. The number of ether oxygens (including phenoxy) is 2. The van der Waals surface area contributed by atoms with Gasteiger partial charge in [-0.1, -0.05) is 0 Å². The van der Waals surface area contributed by atoms with Crippen LogP contribution in [-0.4, -0.2) is 50.7 Å². The first-order valence-corrected chi connectivity index (χ1v) is 5.63. The number of hydrogen-bond donors (Lipinski definition) is 2. The standard InChI is InChI=1S/C11H23NO3/c1-11(4-5-13,9-14-2)12-7-10-3-6-15-8-10/h10,12-13H,3-9H2,1-2H3/t10-,11-/m1/s1. The van der Waals surface area contributed by atoms with E-state index in [4.69, 9.17) is 14.6 Å². The van der Waals surface area contributed by atoms with Crippen LogP contribution in [0.3, 0.4) is 0 Å². The van der Waals surface area contributed by atoms with Crippen molar-refractivity contribution in [2.24, 2.45) is 5.92 Å². The van der Waals surface area contributed by atoms with E-state index in [1.165, 1.54) is 0 Å². The van der Waals surface area contributed by atoms with E-state index in [9.17, 15) is 0 Å². The highest BCUT2D eigenvalue weighted by Crippen LogP contribution is 2.15. The number of hydrogen-bond acceptors (Lipinski definition) is 4. The summed E-state index contributed by atoms with van der Waals surface area (Å²) in [6.45, 7) is 5.58. The molecular formula is C11H23NO3. The maximum Gasteiger partial charge on any atom is 0.0642 e. The molecular weight excluding hydrogens is 194 g/mol. The predicted octanol–water partition coefficient (Wildman–Crippen LogP) is 0.400. The molecule has 1 saturated heterocycles. The number of aliphatic hydroxyl groups excluding tert-OH is 1. The molecule has 1 aliphatic rings. The quantitative estimate of drug-likeness (QED) is 0.648. The number of methoxy groups -OCH3 is 1. The summed E-state index contributed by atoms with van der Waals surface area (Å²) < 4.78 is 10.5. The van der Waals surface area contributed by atoms with Crippen molar-refractivity contribution in [2.45, 2.75) is 25.3 Å². The average molecular weight is 217 g/mol. The second-order valence-electron chi connectivity index (χ2n) is 4.58. The van der Waals surface area contributed by atoms with Crippen molar-refractivity contribution in [2.75, 3.05) is 40.1 Å². The molecule has 0 bridgehead atoms. The Bertz CT molecular complexity index is 163. The fourth-order valence-corrected chi connectivity index (χ4v) is 1.91. The predicted molar refractivity (Wildman–Crippen MR) is 58.9 cm³/mol. The molecule has 1 fully saturated rings. The molecule has 2 atom stereocenters. The van der Waals surface area contributed by atoms with Crippen molar-refractivity contribution in [1.82, 2.24) is 5.32 Å². The van der Waals surface area contributed by atoms with Gasteiger partial charge in [-0.15, -0.1) is 0 Å². The van der Waals surface area contributed by atoms with Gasteiger partial charge in [0.2, 0.25) is 0 Å². The van der Waals surface area contributed by atoms with Gasteiger partial charge in [-0.2, -0.15) is 0 Å². The number of rotatable bonds is 7. The summed E-state index contributed by atoms with van der Waals surface area (Å²) >= 11 is 0. The van der Waals surface area contributed by atoms with Gasteiger partial charge in [0.05, 0.1) is 13.2 Å². The van der Waals surface area contributed by atoms with E-state index in [0.717, 1.165) is 26.2 Å². The molecule has 0 aromatic heterocycles. The van der Waals surface area contributed by atoms with Crippen LogP contribution < -0.4 is 5.32 Å². The normalized spacial score (nSPS) is 25.4. The van der Waals surface area contributed by atoms with Gasteiger partial charge in [0.1, 0.15) is 0 Å². The minimum absolute atomic E-state index is 0.119. The fourth-order valence-electron chi connectivity index (χ4n) is 1.91. The van der Waals surface area contributed by atoms with Gasteiger partial charge in [0.25, 0.3) is 0 Å². The number of aliphatic hydroxyl groups is 1. The van der Waals surface area contributed by atoms with Crippen LogP contribution >= 0.6 is 0 Å². The van der Waals surface area contributed by atoms with E-state index in [1.807, 2.05) is 0 Å². The van der Waals surface area contributed by atoms with Crippen LogP contribution in [-0.2, 0) is 9.47 Å². The second kappa shape index (κ2) is 6.43. The van der Waals surface area contributed by atoms with Crippen molar-refractivity contribution >= 4 is 0 Å². The molecule has 1 heterocycles. The topological polar surface area (TPSA) is 50.7 Å². The molecule has 4 heteroatoms. The van der Waals surface area contributed by atoms with Crippen molar-refractivity contribution in [3.63, 3.8) is 0 Å². The van der Waals surface area contributed by atoms with Gasteiger partial charge in [-0.3, -0.25) is 0 Å². The first-order chi connectivity index (χ1) is 7.20. The zero-order valence-electron chi connectivity index (χ0n) is 9.79. The highest BCUT2D eigenvalue weighted by atomic mass is 16.5. The molecule has 0 amide bonds. The van der Waals surface area contributed by atoms with Crippen LogP contribution in [0.15, 0.2) is 0 Å². The van der Waals surface area contributed by atoms with Gasteiger partial charge in [0, 0.05) is 32.4 Å². The lowest BCUT2D eigenvalue weighted by molar-refractivity contribution is 0.0938. The number of nitrogens with one attached hydrogen (secondary N) is 1. The summed E-state index contributed by atoms with van der Waals surface area (Å²) in [5.41, 5.74) is -0.119. The molecule has 1 aliphatic heterocycles. The Morgan fingerprint density at radius 1 is 1.60 bits per heavy atom. The molecule has 2 N–H and O–H groups in total. The zero-order valence-corrected chi connectivity index (χ0v) is 9.79. The van der Waals surface area contributed by atoms with Crippen molar-refractivity contribution < 1.29 is 14.6 Å². The maximum atomic E-state index is 9.00. The third-order valence-corrected chi connectivity index (χ3v) is 2.97. The fraction of sp³-hybridized carbons (Fsp3) is 1.00. The molecule has 0 radical (unpaired) electrons. The summed E-state index contributed by atoms with van der Waals surface area (Å²) in [5, 5.41) is 12.5. The summed E-state index contributed by atoms with van der Waals surface area (Å²) in [7, 11) is 1.69. The first-order valence-electron chi connectivity index (χ1n) is 5.63. The van der Waals surface area contributed by atoms with Gasteiger partial charge in [0.15, 0.2) is 0 Å². The van der Waals surface area contributed by atoms with E-state index < -0.39 is 0 Å². The molecule has 0 saturated carbocycles. The van der Waals surface area contributed by atoms with Crippen LogP contribution in [0.25, 0.3) is 0 Å². The minimum Gasteiger partial charge on any atom is -0.396 e. The molecule has 0 aromatic rings. The largest absolute Gasteiger partial charge is 0.396 e. The van der Waals surface area contributed by atoms with Gasteiger partial charge in [-0.25, -0.2) is 0 Å². The van der Waals surface area contributed by atoms with Crippen LogP contribution in [0.5, 0.6) is 0 Å². The molecule has 0 aliphatic carbocycles. The Morgan fingerprint density at radius 3 is 2.93 bits per heavy atom. The molecule has 0 spiro atoms. The van der Waals surface area contributed by atoms with Crippen LogP contribution in [0, 0.1) is 5.92 Å². The Balaban J connectivity index is 2.29. The van der Waals surface area contributed by atoms with E-state index in [0.29, 0.717) is 18.9 Å². The molecule has 15 heavy (non-hydrogen) atoms. The highest BCUT2D eigenvalue weighted by Gasteiger charge is 2.25. The van der Waals surface area contributed by atoms with Gasteiger partial charge in [-0.05, 0) is 25.7 Å². The third kappa shape index (κ3) is 4.47. The van der Waals surface area contributed by atoms with E-state index in [2.05, 4.69) is 12.2 Å². The molecule has 4 nitrogen and oxygen atoms in total. The smallest absolute Gasteiger partial charge is 0.0642 e. The zero-order chi connectivity index (χ0) is 11.1. The second-order valence-corrected chi connectivity index (χ2v) is 4.58. The monoisotopic (exact) mass is 217 g/mol. The van der Waals surface area contributed by atoms with Crippen LogP contribution in [0.4, 0.5) is 0 Å². The van der Waals surface area contributed by atoms with Crippen molar-refractivity contribution in [1.29, 1.82) is 0 Å². The Morgan fingerprint density at radius 2 is 2.40 bits per heavy atom. The van der Waals surface area contributed by atoms with E-state index in [1.54, 1.807) is 7.11 Å². The highest BCUT2D eigenvalue weighted by molar-refractivity contribution is 4.84. The Labute approximate surface area is 92.0 Å². The van der Waals surface area contributed by atoms with E-state index >= 15 is 0 Å². The maximum absolute atomic E-state index is 9.00. The summed E-state index contributed by atoms with van der Waals surface area (Å²) in [6, 6.07) is 0. The first kappa shape index (κ1) is 12.9. The molecule has 0 aromatic carbocycles. The molecule has 90 valence electrons. The lowest BCUT2D eigenvalue weighted by Gasteiger charge is -2.30. The van der Waals surface area contributed by atoms with Crippen molar-refractivity contribution in [3.8, 4) is 0 Å². The van der Waals surface area contributed by atoms with Gasteiger partial charge >= 0.3 is 0 Å². The summed E-state index contributed by atoms with van der Waals surface area (Å²) in [6.07, 6.45) is 1.85. The van der Waals surface area contributed by atoms with Gasteiger partial charge < -0.3 is 19.9 Å². The lowest BCUT2D eigenvalue weighted by atomic mass is 9.98. The Kier molecular flexibility index (Phi) is 5.53. The lowest BCUT2D eigenvalue weighted by Crippen LogP contribution is -2.48. The third-order valence-electron chi connectivity index (χ3n) is 2.97. The van der Waals surface area contributed by atoms with Crippen LogP contribution in [0.1, 0.15) is 19.8 Å². The minimum atomic E-state index is -0.119. The Hall–Kier alpha value is -0.160. The summed E-state index contributed by atoms with van der Waals surface area (Å²) in [5.74, 6) is 0.611. The summed E-state index contributed by atoms with van der Waals surface area (Å²) in [4.78, 5) is 0.